The summed E-state index contributed by atoms with van der Waals surface area (Å²) in [6, 6.07) is 14.2. The Bertz CT molecular complexity index is 830. The van der Waals surface area contributed by atoms with Gasteiger partial charge in [-0.15, -0.1) is 0 Å². The Balaban J connectivity index is 1.42. The molecule has 2 aliphatic heterocycles. The van der Waals surface area contributed by atoms with E-state index in [0.29, 0.717) is 35.8 Å². The molecule has 8 heteroatoms. The highest BCUT2D eigenvalue weighted by Crippen LogP contribution is 2.32. The molecule has 4 unspecified atom stereocenters. The van der Waals surface area contributed by atoms with E-state index < -0.39 is 0 Å². The number of rotatable bonds is 6. The van der Waals surface area contributed by atoms with Gasteiger partial charge < -0.3 is 30.4 Å². The molecule has 2 fully saturated rings. The van der Waals surface area contributed by atoms with Crippen molar-refractivity contribution in [1.82, 2.24) is 0 Å². The van der Waals surface area contributed by atoms with Crippen LogP contribution in [-0.2, 0) is 9.47 Å². The molecule has 0 spiro atoms. The second kappa shape index (κ2) is 7.49. The summed E-state index contributed by atoms with van der Waals surface area (Å²) in [7, 11) is 0. The smallest absolute Gasteiger partial charge is 0.151 e. The molecular weight excluding hydrogens is 360 g/mol. The Kier molecular flexibility index (Phi) is 4.89. The topological polar surface area (TPSA) is 137 Å². The Morgan fingerprint density at radius 1 is 0.786 bits per heavy atom. The van der Waals surface area contributed by atoms with Crippen molar-refractivity contribution >= 4 is 11.7 Å². The molecule has 4 atom stereocenters. The number of ether oxygens (including phenoxy) is 4. The van der Waals surface area contributed by atoms with E-state index in [2.05, 4.69) is 0 Å². The third kappa shape index (κ3) is 3.64. The lowest BCUT2D eigenvalue weighted by Crippen LogP contribution is -2.36. The van der Waals surface area contributed by atoms with E-state index in [0.717, 1.165) is 0 Å². The van der Waals surface area contributed by atoms with Crippen molar-refractivity contribution < 1.29 is 18.9 Å². The summed E-state index contributed by atoms with van der Waals surface area (Å²) in [5.41, 5.74) is 12.3. The maximum absolute atomic E-state index is 7.54. The molecule has 2 saturated heterocycles. The van der Waals surface area contributed by atoms with Gasteiger partial charge in [0.1, 0.15) is 35.4 Å². The third-order valence-corrected chi connectivity index (χ3v) is 4.83. The number of amidine groups is 2. The van der Waals surface area contributed by atoms with Gasteiger partial charge in [0.25, 0.3) is 0 Å². The van der Waals surface area contributed by atoms with Crippen LogP contribution in [0.15, 0.2) is 48.5 Å². The highest BCUT2D eigenvalue weighted by Gasteiger charge is 2.50. The van der Waals surface area contributed by atoms with E-state index in [-0.39, 0.29) is 36.1 Å². The largest absolute Gasteiger partial charge is 0.485 e. The number of benzene rings is 2. The molecule has 28 heavy (non-hydrogen) atoms. The minimum absolute atomic E-state index is 0.00984. The first-order chi connectivity index (χ1) is 13.5. The van der Waals surface area contributed by atoms with E-state index in [1.165, 1.54) is 0 Å². The van der Waals surface area contributed by atoms with Crippen LogP contribution >= 0.6 is 0 Å². The first-order valence-corrected chi connectivity index (χ1v) is 8.96. The summed E-state index contributed by atoms with van der Waals surface area (Å²) < 4.78 is 23.8. The molecule has 0 aromatic heterocycles. The third-order valence-electron chi connectivity index (χ3n) is 4.83. The maximum atomic E-state index is 7.54. The Morgan fingerprint density at radius 3 is 1.61 bits per heavy atom. The van der Waals surface area contributed by atoms with Crippen molar-refractivity contribution in [1.29, 1.82) is 10.8 Å². The molecule has 0 amide bonds. The molecule has 4 rings (SSSR count). The van der Waals surface area contributed by atoms with Crippen LogP contribution in [0.4, 0.5) is 0 Å². The van der Waals surface area contributed by atoms with Gasteiger partial charge in [-0.1, -0.05) is 24.3 Å². The lowest BCUT2D eigenvalue weighted by atomic mass is 10.1. The molecule has 8 nitrogen and oxygen atoms in total. The lowest BCUT2D eigenvalue weighted by molar-refractivity contribution is 0.0181. The summed E-state index contributed by atoms with van der Waals surface area (Å²) >= 11 is 0. The SMILES string of the molecule is N=C(N)c1cccc(OC2COC3C(Oc4cccc(C(=N)N)c4)COC23)c1. The van der Waals surface area contributed by atoms with Gasteiger partial charge in [-0.05, 0) is 24.3 Å². The Morgan fingerprint density at radius 2 is 1.21 bits per heavy atom. The van der Waals surface area contributed by atoms with E-state index in [1.54, 1.807) is 36.4 Å². The molecule has 2 aromatic rings. The summed E-state index contributed by atoms with van der Waals surface area (Å²) in [6.07, 6.45) is -1.04. The zero-order valence-electron chi connectivity index (χ0n) is 15.1. The Labute approximate surface area is 162 Å². The molecule has 0 radical (unpaired) electrons. The van der Waals surface area contributed by atoms with E-state index in [4.69, 9.17) is 41.2 Å². The van der Waals surface area contributed by atoms with Crippen molar-refractivity contribution in [2.75, 3.05) is 13.2 Å². The minimum atomic E-state index is -0.274. The van der Waals surface area contributed by atoms with Crippen LogP contribution in [0.3, 0.4) is 0 Å². The van der Waals surface area contributed by atoms with Crippen LogP contribution < -0.4 is 20.9 Å². The van der Waals surface area contributed by atoms with Gasteiger partial charge in [0, 0.05) is 11.1 Å². The first-order valence-electron chi connectivity index (χ1n) is 8.96. The average molecular weight is 382 g/mol. The van der Waals surface area contributed by atoms with Crippen molar-refractivity contribution in [3.63, 3.8) is 0 Å². The second-order valence-electron chi connectivity index (χ2n) is 6.79. The van der Waals surface area contributed by atoms with Crippen LogP contribution in [0.5, 0.6) is 11.5 Å². The molecular formula is C20H22N4O4. The number of nitrogens with one attached hydrogen (secondary N) is 2. The van der Waals surface area contributed by atoms with Crippen LogP contribution in [0.2, 0.25) is 0 Å². The van der Waals surface area contributed by atoms with E-state index >= 15 is 0 Å². The monoisotopic (exact) mass is 382 g/mol. The quantitative estimate of drug-likeness (QED) is 0.438. The van der Waals surface area contributed by atoms with Gasteiger partial charge in [0.15, 0.2) is 12.2 Å². The molecule has 0 saturated carbocycles. The fourth-order valence-electron chi connectivity index (χ4n) is 3.45. The van der Waals surface area contributed by atoms with Gasteiger partial charge in [-0.2, -0.15) is 0 Å². The molecule has 2 aromatic carbocycles. The summed E-state index contributed by atoms with van der Waals surface area (Å²) in [5.74, 6) is 1.21. The number of nitrogen functional groups attached to an aromatic ring is 2. The van der Waals surface area contributed by atoms with Crippen LogP contribution in [0.25, 0.3) is 0 Å². The molecule has 0 aliphatic carbocycles. The molecule has 6 N–H and O–H groups in total. The van der Waals surface area contributed by atoms with Crippen molar-refractivity contribution in [3.8, 4) is 11.5 Å². The average Bonchev–Trinajstić information content (AvgIpc) is 3.26. The second-order valence-corrected chi connectivity index (χ2v) is 6.79. The maximum Gasteiger partial charge on any atom is 0.151 e. The van der Waals surface area contributed by atoms with Crippen molar-refractivity contribution in [3.05, 3.63) is 59.7 Å². The number of fused-ring (bicyclic) bond motifs is 1. The number of hydrogen-bond donors (Lipinski definition) is 4. The standard InChI is InChI=1S/C20H22N4O4/c21-19(22)11-3-1-5-13(7-11)27-15-9-25-18-16(10-26-17(15)18)28-14-6-2-4-12(8-14)20(23)24/h1-8,15-18H,9-10H2,(H3,21,22)(H3,23,24). The number of nitrogens with two attached hydrogens (primary N) is 2. The predicted molar refractivity (Wildman–Crippen MR) is 103 cm³/mol. The summed E-state index contributed by atoms with van der Waals surface area (Å²) in [5, 5.41) is 15.1. The van der Waals surface area contributed by atoms with E-state index in [9.17, 15) is 0 Å². The van der Waals surface area contributed by atoms with Gasteiger partial charge in [0.05, 0.1) is 13.2 Å². The van der Waals surface area contributed by atoms with Crippen LogP contribution in [-0.4, -0.2) is 49.3 Å². The zero-order chi connectivity index (χ0) is 19.7. The normalized spacial score (nSPS) is 25.9. The van der Waals surface area contributed by atoms with Gasteiger partial charge >= 0.3 is 0 Å². The van der Waals surface area contributed by atoms with Gasteiger partial charge in [0.2, 0.25) is 0 Å². The first kappa shape index (κ1) is 18.3. The highest BCUT2D eigenvalue weighted by atomic mass is 16.6. The predicted octanol–water partition coefficient (Wildman–Crippen LogP) is 1.25. The molecule has 2 heterocycles. The molecule has 146 valence electrons. The van der Waals surface area contributed by atoms with Crippen LogP contribution in [0, 0.1) is 10.8 Å². The number of hydrogen-bond acceptors (Lipinski definition) is 6. The fraction of sp³-hybridized carbons (Fsp3) is 0.300. The molecule has 2 aliphatic rings. The Hall–Kier alpha value is -3.10. The van der Waals surface area contributed by atoms with Crippen molar-refractivity contribution in [2.45, 2.75) is 24.4 Å². The molecule has 0 bridgehead atoms. The van der Waals surface area contributed by atoms with Gasteiger partial charge in [-0.25, -0.2) is 0 Å². The fourth-order valence-corrected chi connectivity index (χ4v) is 3.45. The highest BCUT2D eigenvalue weighted by molar-refractivity contribution is 5.95. The van der Waals surface area contributed by atoms with Crippen LogP contribution in [0.1, 0.15) is 11.1 Å². The zero-order valence-corrected chi connectivity index (χ0v) is 15.1. The summed E-state index contributed by atoms with van der Waals surface area (Å²) in [4.78, 5) is 0. The van der Waals surface area contributed by atoms with Gasteiger partial charge in [-0.3, -0.25) is 10.8 Å². The lowest BCUT2D eigenvalue weighted by Gasteiger charge is -2.19. The van der Waals surface area contributed by atoms with E-state index in [1.807, 2.05) is 12.1 Å². The summed E-state index contributed by atoms with van der Waals surface area (Å²) in [6.45, 7) is 0.764. The minimum Gasteiger partial charge on any atom is -0.485 e. The van der Waals surface area contributed by atoms with Crippen molar-refractivity contribution in [2.24, 2.45) is 11.5 Å².